The van der Waals surface area contributed by atoms with Gasteiger partial charge in [0, 0.05) is 30.8 Å². The molecule has 0 fully saturated rings. The van der Waals surface area contributed by atoms with Crippen molar-refractivity contribution in [2.45, 2.75) is 4.90 Å². The Balaban J connectivity index is 1.48. The Morgan fingerprint density at radius 1 is 1.08 bits per heavy atom. The molecule has 0 saturated carbocycles. The van der Waals surface area contributed by atoms with Crippen LogP contribution in [0.25, 0.3) is 17.0 Å². The molecule has 1 N–H and O–H groups in total. The molecule has 0 atom stereocenters. The van der Waals surface area contributed by atoms with E-state index in [1.165, 1.54) is 11.6 Å². The Morgan fingerprint density at radius 2 is 1.89 bits per heavy atom. The van der Waals surface area contributed by atoms with E-state index >= 15 is 0 Å². The van der Waals surface area contributed by atoms with Gasteiger partial charge in [0.1, 0.15) is 23.0 Å². The SMILES string of the molecule is COc1ccc(-c2nnc3ccc(OCCNS(=O)(=O)c4cc([N+](=O)[O-])ccc4Cl)nn23)c(OC)c1. The van der Waals surface area contributed by atoms with Gasteiger partial charge in [-0.05, 0) is 24.3 Å². The molecule has 4 rings (SSSR count). The highest BCUT2D eigenvalue weighted by molar-refractivity contribution is 7.89. The van der Waals surface area contributed by atoms with Crippen LogP contribution in [0.3, 0.4) is 0 Å². The lowest BCUT2D eigenvalue weighted by Gasteiger charge is -2.10. The largest absolute Gasteiger partial charge is 0.497 e. The van der Waals surface area contributed by atoms with E-state index in [4.69, 9.17) is 25.8 Å². The van der Waals surface area contributed by atoms with E-state index in [0.29, 0.717) is 28.5 Å². The van der Waals surface area contributed by atoms with Crippen molar-refractivity contribution in [1.29, 1.82) is 0 Å². The Bertz CT molecular complexity index is 1540. The van der Waals surface area contributed by atoms with Crippen LogP contribution in [0.2, 0.25) is 5.02 Å². The van der Waals surface area contributed by atoms with Crippen LogP contribution in [0.1, 0.15) is 0 Å². The van der Waals surface area contributed by atoms with Crippen molar-refractivity contribution in [3.8, 4) is 28.8 Å². The second kappa shape index (κ2) is 10.3. The third-order valence-corrected chi connectivity index (χ3v) is 6.89. The van der Waals surface area contributed by atoms with Gasteiger partial charge < -0.3 is 14.2 Å². The second-order valence-electron chi connectivity index (χ2n) is 7.15. The molecule has 2 aromatic carbocycles. The molecule has 0 aliphatic heterocycles. The van der Waals surface area contributed by atoms with Crippen molar-refractivity contribution < 1.29 is 27.6 Å². The van der Waals surface area contributed by atoms with Crippen LogP contribution in [0.4, 0.5) is 5.69 Å². The minimum atomic E-state index is -4.12. The minimum Gasteiger partial charge on any atom is -0.497 e. The predicted molar refractivity (Wildman–Crippen MR) is 128 cm³/mol. The van der Waals surface area contributed by atoms with E-state index in [-0.39, 0.29) is 24.1 Å². The smallest absolute Gasteiger partial charge is 0.270 e. The van der Waals surface area contributed by atoms with Crippen molar-refractivity contribution >= 4 is 33.0 Å². The number of ether oxygens (including phenoxy) is 3. The molecule has 15 heteroatoms. The minimum absolute atomic E-state index is 0.0897. The quantitative estimate of drug-likeness (QED) is 0.182. The Kier molecular flexibility index (Phi) is 7.19. The molecule has 0 spiro atoms. The molecule has 0 bridgehead atoms. The predicted octanol–water partition coefficient (Wildman–Crippen LogP) is 2.73. The molecule has 188 valence electrons. The van der Waals surface area contributed by atoms with Crippen LogP contribution >= 0.6 is 11.6 Å². The summed E-state index contributed by atoms with van der Waals surface area (Å²) in [5.74, 6) is 1.70. The lowest BCUT2D eigenvalue weighted by molar-refractivity contribution is -0.385. The Morgan fingerprint density at radius 3 is 2.61 bits per heavy atom. The van der Waals surface area contributed by atoms with E-state index in [1.54, 1.807) is 37.4 Å². The molecule has 0 radical (unpaired) electrons. The third-order valence-electron chi connectivity index (χ3n) is 4.95. The molecular formula is C21H19ClN6O7S. The summed E-state index contributed by atoms with van der Waals surface area (Å²) in [4.78, 5) is 9.85. The zero-order chi connectivity index (χ0) is 25.9. The zero-order valence-electron chi connectivity index (χ0n) is 18.9. The summed E-state index contributed by atoms with van der Waals surface area (Å²) in [6, 6.07) is 11.6. The van der Waals surface area contributed by atoms with Crippen molar-refractivity contribution in [2.75, 3.05) is 27.4 Å². The first kappa shape index (κ1) is 25.1. The van der Waals surface area contributed by atoms with Crippen molar-refractivity contribution in [3.63, 3.8) is 0 Å². The fraction of sp³-hybridized carbons (Fsp3) is 0.190. The van der Waals surface area contributed by atoms with Gasteiger partial charge in [-0.1, -0.05) is 11.6 Å². The number of hydrogen-bond acceptors (Lipinski definition) is 10. The number of nitrogens with zero attached hydrogens (tertiary/aromatic N) is 5. The van der Waals surface area contributed by atoms with E-state index < -0.39 is 25.5 Å². The Hall–Kier alpha value is -4.01. The van der Waals surface area contributed by atoms with Gasteiger partial charge in [0.25, 0.3) is 5.69 Å². The Labute approximate surface area is 209 Å². The first-order chi connectivity index (χ1) is 17.2. The molecule has 0 unspecified atom stereocenters. The average Bonchev–Trinajstić information content (AvgIpc) is 3.29. The second-order valence-corrected chi connectivity index (χ2v) is 9.29. The summed E-state index contributed by atoms with van der Waals surface area (Å²) in [5.41, 5.74) is 0.681. The first-order valence-corrected chi connectivity index (χ1v) is 12.1. The average molecular weight is 535 g/mol. The summed E-state index contributed by atoms with van der Waals surface area (Å²) in [5, 5.41) is 23.5. The third kappa shape index (κ3) is 5.15. The van der Waals surface area contributed by atoms with Gasteiger partial charge in [0.15, 0.2) is 11.5 Å². The number of fused-ring (bicyclic) bond motifs is 1. The summed E-state index contributed by atoms with van der Waals surface area (Å²) >= 11 is 5.93. The number of nitro groups is 1. The van der Waals surface area contributed by atoms with E-state index in [2.05, 4.69) is 20.0 Å². The number of aromatic nitrogens is 4. The van der Waals surface area contributed by atoms with Crippen molar-refractivity contribution in [2.24, 2.45) is 0 Å². The molecule has 0 aliphatic rings. The number of non-ortho nitro benzene ring substituents is 1. The molecule has 2 heterocycles. The maximum atomic E-state index is 12.6. The molecule has 0 saturated heterocycles. The van der Waals surface area contributed by atoms with Gasteiger partial charge in [-0.2, -0.15) is 4.52 Å². The van der Waals surface area contributed by atoms with Crippen molar-refractivity contribution in [3.05, 3.63) is 63.7 Å². The summed E-state index contributed by atoms with van der Waals surface area (Å²) in [6.45, 7) is -0.240. The number of nitrogens with one attached hydrogen (secondary N) is 1. The summed E-state index contributed by atoms with van der Waals surface area (Å²) < 4.78 is 45.1. The summed E-state index contributed by atoms with van der Waals surface area (Å²) in [6.07, 6.45) is 0. The van der Waals surface area contributed by atoms with Gasteiger partial charge in [-0.3, -0.25) is 10.1 Å². The van der Waals surface area contributed by atoms with E-state index in [9.17, 15) is 18.5 Å². The maximum absolute atomic E-state index is 12.6. The van der Waals surface area contributed by atoms with Gasteiger partial charge in [-0.15, -0.1) is 15.3 Å². The fourth-order valence-electron chi connectivity index (χ4n) is 3.22. The fourth-order valence-corrected chi connectivity index (χ4v) is 4.75. The standard InChI is InChI=1S/C21H19ClN6O7S/c1-33-14-4-5-15(17(12-14)34-2)21-25-24-19-7-8-20(26-27(19)21)35-10-9-23-36(31,32)18-11-13(28(29)30)3-6-16(18)22/h3-8,11-12,23H,9-10H2,1-2H3. The van der Waals surface area contributed by atoms with Crippen LogP contribution in [-0.4, -0.2) is 60.5 Å². The number of hydrogen-bond donors (Lipinski definition) is 1. The van der Waals surface area contributed by atoms with Crippen LogP contribution in [0.15, 0.2) is 53.4 Å². The van der Waals surface area contributed by atoms with Gasteiger partial charge in [-0.25, -0.2) is 13.1 Å². The van der Waals surface area contributed by atoms with Crippen LogP contribution in [0, 0.1) is 10.1 Å². The molecule has 0 aliphatic carbocycles. The summed E-state index contributed by atoms with van der Waals surface area (Å²) in [7, 11) is -1.05. The number of rotatable bonds is 10. The molecule has 13 nitrogen and oxygen atoms in total. The zero-order valence-corrected chi connectivity index (χ0v) is 20.5. The monoisotopic (exact) mass is 534 g/mol. The highest BCUT2D eigenvalue weighted by atomic mass is 35.5. The lowest BCUT2D eigenvalue weighted by Crippen LogP contribution is -2.28. The van der Waals surface area contributed by atoms with Gasteiger partial charge in [0.2, 0.25) is 15.9 Å². The van der Waals surface area contributed by atoms with Crippen LogP contribution in [0.5, 0.6) is 17.4 Å². The molecule has 36 heavy (non-hydrogen) atoms. The first-order valence-electron chi connectivity index (χ1n) is 10.2. The molecule has 4 aromatic rings. The number of benzene rings is 2. The maximum Gasteiger partial charge on any atom is 0.270 e. The highest BCUT2D eigenvalue weighted by Crippen LogP contribution is 2.32. The van der Waals surface area contributed by atoms with Crippen molar-refractivity contribution in [1.82, 2.24) is 24.5 Å². The number of nitro benzene ring substituents is 1. The normalized spacial score (nSPS) is 11.4. The van der Waals surface area contributed by atoms with Crippen LogP contribution < -0.4 is 18.9 Å². The topological polar surface area (TPSA) is 160 Å². The van der Waals surface area contributed by atoms with Gasteiger partial charge >= 0.3 is 0 Å². The molecule has 2 aromatic heterocycles. The van der Waals surface area contributed by atoms with Crippen LogP contribution in [-0.2, 0) is 10.0 Å². The molecular weight excluding hydrogens is 516 g/mol. The molecule has 0 amide bonds. The highest BCUT2D eigenvalue weighted by Gasteiger charge is 2.21. The van der Waals surface area contributed by atoms with Gasteiger partial charge in [0.05, 0.1) is 29.7 Å². The van der Waals surface area contributed by atoms with E-state index in [1.807, 2.05) is 0 Å². The number of halogens is 1. The number of sulfonamides is 1. The van der Waals surface area contributed by atoms with E-state index in [0.717, 1.165) is 18.2 Å². The number of methoxy groups -OCH3 is 2. The lowest BCUT2D eigenvalue weighted by atomic mass is 10.2.